The fraction of sp³-hybridized carbons (Fsp3) is 0.500. The molecule has 0 fully saturated rings. The molecule has 1 rings (SSSR count). The van der Waals surface area contributed by atoms with Gasteiger partial charge in [0.05, 0.1) is 12.0 Å². The minimum absolute atomic E-state index is 0.0313. The highest BCUT2D eigenvalue weighted by Crippen LogP contribution is 2.36. The van der Waals surface area contributed by atoms with Crippen molar-refractivity contribution in [2.75, 3.05) is 0 Å². The van der Waals surface area contributed by atoms with E-state index in [9.17, 15) is 9.90 Å². The highest BCUT2D eigenvalue weighted by atomic mass is 16.3. The molecule has 1 N–H and O–H groups in total. The lowest BCUT2D eigenvalue weighted by molar-refractivity contribution is -0.129. The molecule has 0 aliphatic heterocycles. The van der Waals surface area contributed by atoms with Crippen LogP contribution in [0, 0.1) is 11.3 Å². The zero-order valence-corrected chi connectivity index (χ0v) is 10.4. The summed E-state index contributed by atoms with van der Waals surface area (Å²) in [6.07, 6.45) is -0.723. The normalized spacial score (nSPS) is 15.6. The van der Waals surface area contributed by atoms with Crippen LogP contribution in [0.2, 0.25) is 0 Å². The van der Waals surface area contributed by atoms with Gasteiger partial charge in [0.25, 0.3) is 0 Å². The molecule has 0 saturated heterocycles. The minimum atomic E-state index is -0.723. The molecule has 2 nitrogen and oxygen atoms in total. The van der Waals surface area contributed by atoms with E-state index >= 15 is 0 Å². The zero-order chi connectivity index (χ0) is 12.3. The molecule has 0 amide bonds. The SMILES string of the molecule is CC(=O)[C@@H]([C@H](O)c1ccccc1)C(C)(C)C. The van der Waals surface area contributed by atoms with E-state index in [1.807, 2.05) is 51.1 Å². The molecule has 1 aromatic carbocycles. The van der Waals surface area contributed by atoms with Crippen molar-refractivity contribution in [3.05, 3.63) is 35.9 Å². The van der Waals surface area contributed by atoms with Crippen LogP contribution in [-0.4, -0.2) is 10.9 Å². The Morgan fingerprint density at radius 1 is 1.19 bits per heavy atom. The number of rotatable bonds is 3. The summed E-state index contributed by atoms with van der Waals surface area (Å²) in [5.74, 6) is -0.334. The number of aliphatic hydroxyl groups excluding tert-OH is 1. The standard InChI is InChI=1S/C14H20O2/c1-10(15)12(14(2,3)4)13(16)11-8-6-5-7-9-11/h5-9,12-13,16H,1-4H3/t12-,13+/m0/s1. The van der Waals surface area contributed by atoms with Gasteiger partial charge in [-0.1, -0.05) is 51.1 Å². The summed E-state index contributed by atoms with van der Waals surface area (Å²) >= 11 is 0. The molecular weight excluding hydrogens is 200 g/mol. The Balaban J connectivity index is 3.02. The third-order valence-electron chi connectivity index (χ3n) is 2.83. The van der Waals surface area contributed by atoms with Crippen molar-refractivity contribution >= 4 is 5.78 Å². The molecule has 0 bridgehead atoms. The molecule has 0 aliphatic rings. The van der Waals surface area contributed by atoms with E-state index in [4.69, 9.17) is 0 Å². The molecule has 2 heteroatoms. The van der Waals surface area contributed by atoms with Crippen LogP contribution in [0.15, 0.2) is 30.3 Å². The topological polar surface area (TPSA) is 37.3 Å². The third kappa shape index (κ3) is 2.92. The van der Waals surface area contributed by atoms with E-state index in [2.05, 4.69) is 0 Å². The van der Waals surface area contributed by atoms with Gasteiger partial charge < -0.3 is 5.11 Å². The average Bonchev–Trinajstić information content (AvgIpc) is 2.16. The fourth-order valence-electron chi connectivity index (χ4n) is 2.15. The van der Waals surface area contributed by atoms with Crippen LogP contribution >= 0.6 is 0 Å². The highest BCUT2D eigenvalue weighted by Gasteiger charge is 2.35. The van der Waals surface area contributed by atoms with Gasteiger partial charge in [-0.3, -0.25) is 4.79 Å². The molecular formula is C14H20O2. The molecule has 0 spiro atoms. The van der Waals surface area contributed by atoms with Crippen LogP contribution in [0.3, 0.4) is 0 Å². The molecule has 0 heterocycles. The summed E-state index contributed by atoms with van der Waals surface area (Å²) in [6, 6.07) is 9.35. The van der Waals surface area contributed by atoms with Crippen LogP contribution in [0.25, 0.3) is 0 Å². The van der Waals surface area contributed by atoms with Crippen molar-refractivity contribution in [3.63, 3.8) is 0 Å². The first kappa shape index (κ1) is 12.9. The second kappa shape index (κ2) is 4.79. The third-order valence-corrected chi connectivity index (χ3v) is 2.83. The van der Waals surface area contributed by atoms with Crippen LogP contribution in [0.1, 0.15) is 39.4 Å². The number of carbonyl (C=O) groups excluding carboxylic acids is 1. The molecule has 0 aromatic heterocycles. The van der Waals surface area contributed by atoms with Crippen molar-refractivity contribution in [2.45, 2.75) is 33.8 Å². The first-order valence-corrected chi connectivity index (χ1v) is 5.57. The summed E-state index contributed by atoms with van der Waals surface area (Å²) in [5.41, 5.74) is 0.568. The van der Waals surface area contributed by atoms with E-state index in [1.165, 1.54) is 0 Å². The Bertz CT molecular complexity index is 349. The maximum absolute atomic E-state index is 11.6. The lowest BCUT2D eigenvalue weighted by atomic mass is 9.73. The van der Waals surface area contributed by atoms with Crippen LogP contribution in [-0.2, 0) is 4.79 Å². The van der Waals surface area contributed by atoms with Crippen LogP contribution < -0.4 is 0 Å². The van der Waals surface area contributed by atoms with Gasteiger partial charge in [0.15, 0.2) is 0 Å². The summed E-state index contributed by atoms with van der Waals surface area (Å²) in [7, 11) is 0. The van der Waals surface area contributed by atoms with Crippen molar-refractivity contribution in [1.82, 2.24) is 0 Å². The number of ketones is 1. The monoisotopic (exact) mass is 220 g/mol. The number of carbonyl (C=O) groups is 1. The van der Waals surface area contributed by atoms with Gasteiger partial charge in [0.2, 0.25) is 0 Å². The van der Waals surface area contributed by atoms with Gasteiger partial charge in [0, 0.05) is 0 Å². The predicted octanol–water partition coefficient (Wildman–Crippen LogP) is 2.97. The number of Topliss-reactive ketones (excluding diaryl/α,β-unsaturated/α-hetero) is 1. The molecule has 0 unspecified atom stereocenters. The summed E-state index contributed by atoms with van der Waals surface area (Å²) < 4.78 is 0. The smallest absolute Gasteiger partial charge is 0.136 e. The Morgan fingerprint density at radius 3 is 2.06 bits per heavy atom. The quantitative estimate of drug-likeness (QED) is 0.850. The number of aliphatic hydroxyl groups is 1. The number of benzene rings is 1. The number of hydrogen-bond donors (Lipinski definition) is 1. The lowest BCUT2D eigenvalue weighted by Crippen LogP contribution is -2.32. The van der Waals surface area contributed by atoms with Gasteiger partial charge in [-0.05, 0) is 17.9 Å². The summed E-state index contributed by atoms with van der Waals surface area (Å²) in [6.45, 7) is 7.48. The maximum atomic E-state index is 11.6. The van der Waals surface area contributed by atoms with E-state index in [1.54, 1.807) is 6.92 Å². The van der Waals surface area contributed by atoms with E-state index in [-0.39, 0.29) is 17.1 Å². The van der Waals surface area contributed by atoms with Crippen molar-refractivity contribution in [1.29, 1.82) is 0 Å². The fourth-order valence-corrected chi connectivity index (χ4v) is 2.15. The predicted molar refractivity (Wildman–Crippen MR) is 65.0 cm³/mol. The molecule has 0 radical (unpaired) electrons. The maximum Gasteiger partial charge on any atom is 0.136 e. The van der Waals surface area contributed by atoms with Gasteiger partial charge in [-0.25, -0.2) is 0 Å². The zero-order valence-electron chi connectivity index (χ0n) is 10.4. The average molecular weight is 220 g/mol. The summed E-state index contributed by atoms with van der Waals surface area (Å²) in [5, 5.41) is 10.3. The first-order chi connectivity index (χ1) is 7.34. The first-order valence-electron chi connectivity index (χ1n) is 5.57. The Morgan fingerprint density at radius 2 is 1.69 bits per heavy atom. The van der Waals surface area contributed by atoms with Gasteiger partial charge in [-0.15, -0.1) is 0 Å². The van der Waals surface area contributed by atoms with Crippen LogP contribution in [0.5, 0.6) is 0 Å². The Labute approximate surface area is 97.3 Å². The molecule has 0 saturated carbocycles. The van der Waals surface area contributed by atoms with Crippen molar-refractivity contribution in [2.24, 2.45) is 11.3 Å². The van der Waals surface area contributed by atoms with Crippen molar-refractivity contribution < 1.29 is 9.90 Å². The Hall–Kier alpha value is -1.15. The highest BCUT2D eigenvalue weighted by molar-refractivity contribution is 5.79. The van der Waals surface area contributed by atoms with Gasteiger partial charge in [0.1, 0.15) is 5.78 Å². The molecule has 16 heavy (non-hydrogen) atoms. The van der Waals surface area contributed by atoms with E-state index in [0.29, 0.717) is 0 Å². The lowest BCUT2D eigenvalue weighted by Gasteiger charge is -2.32. The molecule has 1 aromatic rings. The largest absolute Gasteiger partial charge is 0.388 e. The minimum Gasteiger partial charge on any atom is -0.388 e. The second-order valence-corrected chi connectivity index (χ2v) is 5.31. The molecule has 0 aliphatic carbocycles. The molecule has 2 atom stereocenters. The van der Waals surface area contributed by atoms with Gasteiger partial charge in [-0.2, -0.15) is 0 Å². The summed E-state index contributed by atoms with van der Waals surface area (Å²) in [4.78, 5) is 11.6. The number of hydrogen-bond acceptors (Lipinski definition) is 2. The van der Waals surface area contributed by atoms with Gasteiger partial charge >= 0.3 is 0 Å². The van der Waals surface area contributed by atoms with E-state index in [0.717, 1.165) is 5.56 Å². The van der Waals surface area contributed by atoms with Crippen LogP contribution in [0.4, 0.5) is 0 Å². The second-order valence-electron chi connectivity index (χ2n) is 5.31. The molecule has 88 valence electrons. The van der Waals surface area contributed by atoms with Crippen molar-refractivity contribution in [3.8, 4) is 0 Å². The Kier molecular flexibility index (Phi) is 3.87. The van der Waals surface area contributed by atoms with E-state index < -0.39 is 6.10 Å².